The van der Waals surface area contributed by atoms with Gasteiger partial charge in [0, 0.05) is 183 Å². The molecule has 11 aromatic heterocycles. The van der Waals surface area contributed by atoms with E-state index in [9.17, 15) is 5.26 Å². The second-order valence-corrected chi connectivity index (χ2v) is 38.3. The molecule has 0 saturated heterocycles. The number of aryl methyl sites for hydroxylation is 2. The summed E-state index contributed by atoms with van der Waals surface area (Å²) < 4.78 is 29.4. The number of thiophene rings is 1. The molecule has 31 aromatic rings. The number of rotatable bonds is 8. The van der Waals surface area contributed by atoms with Crippen molar-refractivity contribution in [2.75, 3.05) is 4.90 Å². The fourth-order valence-corrected chi connectivity index (χ4v) is 23.1. The topological polar surface area (TPSA) is 149 Å². The first kappa shape index (κ1) is 83.9. The molecular formula is C132H80N8O4S. The van der Waals surface area contributed by atoms with Crippen molar-refractivity contribution >= 4 is 245 Å². The summed E-state index contributed by atoms with van der Waals surface area (Å²) in [6, 6.07) is 147. The highest BCUT2D eigenvalue weighted by Gasteiger charge is 2.25. The summed E-state index contributed by atoms with van der Waals surface area (Å²) >= 11 is 1.80. The minimum Gasteiger partial charge on any atom is -0.456 e. The van der Waals surface area contributed by atoms with E-state index < -0.39 is 0 Å². The third-order valence-electron chi connectivity index (χ3n) is 28.7. The third kappa shape index (κ3) is 14.2. The normalized spacial score (nSPS) is 11.8. The number of pyridine rings is 5. The summed E-state index contributed by atoms with van der Waals surface area (Å²) in [5.41, 5.74) is 28.7. The zero-order valence-corrected chi connectivity index (χ0v) is 79.2. The lowest BCUT2D eigenvalue weighted by atomic mass is 9.92. The average Bonchev–Trinajstić information content (AvgIpc) is 1.75. The predicted octanol–water partition coefficient (Wildman–Crippen LogP) is 36.6. The molecule has 0 atom stereocenters. The maximum Gasteiger partial charge on any atom is 0.136 e. The second kappa shape index (κ2) is 34.1. The lowest BCUT2D eigenvalue weighted by molar-refractivity contribution is 0.668. The van der Waals surface area contributed by atoms with Crippen LogP contribution in [0.4, 0.5) is 17.1 Å². The van der Waals surface area contributed by atoms with E-state index in [1.54, 1.807) is 23.7 Å². The van der Waals surface area contributed by atoms with Crippen molar-refractivity contribution in [3.63, 3.8) is 0 Å². The van der Waals surface area contributed by atoms with Crippen molar-refractivity contribution in [1.29, 1.82) is 5.26 Å². The summed E-state index contributed by atoms with van der Waals surface area (Å²) in [5.74, 6) is 0. The Labute approximate surface area is 832 Å². The van der Waals surface area contributed by atoms with Gasteiger partial charge >= 0.3 is 0 Å². The Kier molecular flexibility index (Phi) is 19.7. The van der Waals surface area contributed by atoms with Gasteiger partial charge in [-0.15, -0.1) is 11.3 Å². The maximum atomic E-state index is 10.2. The van der Waals surface area contributed by atoms with Crippen molar-refractivity contribution in [3.8, 4) is 56.3 Å². The van der Waals surface area contributed by atoms with Crippen molar-refractivity contribution in [3.05, 3.63) is 467 Å². The molecule has 0 aliphatic heterocycles. The van der Waals surface area contributed by atoms with Crippen LogP contribution in [0.25, 0.3) is 266 Å². The Morgan fingerprint density at radius 1 is 0.269 bits per heavy atom. The van der Waals surface area contributed by atoms with Crippen molar-refractivity contribution in [2.24, 2.45) is 0 Å². The van der Waals surface area contributed by atoms with Gasteiger partial charge in [-0.2, -0.15) is 5.26 Å². The van der Waals surface area contributed by atoms with Gasteiger partial charge in [0.05, 0.1) is 39.2 Å². The summed E-state index contributed by atoms with van der Waals surface area (Å²) in [5, 5.41) is 38.7. The number of aromatic nitrogens is 6. The van der Waals surface area contributed by atoms with E-state index in [-0.39, 0.29) is 0 Å². The van der Waals surface area contributed by atoms with Crippen LogP contribution in [0.5, 0.6) is 0 Å². The van der Waals surface area contributed by atoms with Crippen LogP contribution < -0.4 is 4.90 Å². The zero-order chi connectivity index (χ0) is 96.0. The van der Waals surface area contributed by atoms with Crippen LogP contribution >= 0.6 is 11.3 Å². The van der Waals surface area contributed by atoms with Gasteiger partial charge in [0.1, 0.15) is 44.7 Å². The molecule has 0 aliphatic carbocycles. The molecule has 0 spiro atoms. The molecule has 145 heavy (non-hydrogen) atoms. The lowest BCUT2D eigenvalue weighted by Crippen LogP contribution is -2.09. The fourth-order valence-electron chi connectivity index (χ4n) is 22.0. The Hall–Kier alpha value is -19.3. The quantitative estimate of drug-likeness (QED) is 0.134. The molecule has 31 rings (SSSR count). The zero-order valence-electron chi connectivity index (χ0n) is 78.3. The molecule has 678 valence electrons. The number of nitriles is 1. The number of hydrogen-bond acceptors (Lipinski definition) is 12. The number of benzene rings is 20. The predicted molar refractivity (Wildman–Crippen MR) is 602 cm³/mol. The Morgan fingerprint density at radius 2 is 0.759 bits per heavy atom. The molecule has 11 heterocycles. The Balaban J connectivity index is 0.0000000947. The van der Waals surface area contributed by atoms with Crippen LogP contribution in [-0.2, 0) is 0 Å². The van der Waals surface area contributed by atoms with Crippen LogP contribution in [-0.4, -0.2) is 29.5 Å². The molecule has 0 saturated carbocycles. The smallest absolute Gasteiger partial charge is 0.136 e. The van der Waals surface area contributed by atoms with Gasteiger partial charge in [0.25, 0.3) is 0 Å². The van der Waals surface area contributed by atoms with Crippen LogP contribution in [0.1, 0.15) is 16.8 Å². The molecule has 0 radical (unpaired) electrons. The SMILES string of the molecule is Cc1ccc2c(-c3cccnc3)cc3cc4c(cc3c2n1)oc1ccccc14.Cc1cnc2c(c1)c(-c1ccc3oc4ccccc4c3c1)cc1cc3c(cc12)oc1ccccc13.N#Cc1ccnc2c1c(-c1ccc3c(c1)c1ccccc1n3-c1ccccc1)cc1cc3c(cc12)sc1ccccc13.c1ccc(N(c2ccccc2)c2ccc(-c3cc4cc5c(cc4c4cnccc34)oc3ccccc35)cc2)cc1. The minimum absolute atomic E-state index is 0.639. The number of anilines is 3. The molecule has 12 nitrogen and oxygen atoms in total. The summed E-state index contributed by atoms with van der Waals surface area (Å²) in [6.45, 7) is 4.12. The maximum absolute atomic E-state index is 10.2. The molecule has 0 unspecified atom stereocenters. The van der Waals surface area contributed by atoms with Crippen LogP contribution in [0.3, 0.4) is 0 Å². The molecule has 0 bridgehead atoms. The van der Waals surface area contributed by atoms with E-state index in [1.807, 2.05) is 105 Å². The van der Waals surface area contributed by atoms with E-state index in [4.69, 9.17) is 32.6 Å². The monoisotopic (exact) mass is 1870 g/mol. The number of fused-ring (bicyclic) bond motifs is 30. The largest absolute Gasteiger partial charge is 0.456 e. The number of para-hydroxylation sites is 8. The van der Waals surface area contributed by atoms with E-state index in [2.05, 4.69) is 372 Å². The van der Waals surface area contributed by atoms with E-state index in [1.165, 1.54) is 63.9 Å². The van der Waals surface area contributed by atoms with Gasteiger partial charge in [-0.25, -0.2) is 0 Å². The molecule has 0 amide bonds. The number of nitrogens with zero attached hydrogens (tertiary/aromatic N) is 8. The van der Waals surface area contributed by atoms with Gasteiger partial charge in [0.15, 0.2) is 0 Å². The summed E-state index contributed by atoms with van der Waals surface area (Å²) in [6.07, 6.45) is 11.3. The molecule has 13 heteroatoms. The minimum atomic E-state index is 0.639. The van der Waals surface area contributed by atoms with Crippen molar-refractivity contribution < 1.29 is 17.7 Å². The Morgan fingerprint density at radius 3 is 1.40 bits per heavy atom. The van der Waals surface area contributed by atoms with Gasteiger partial charge in [-0.1, -0.05) is 200 Å². The first-order valence-electron chi connectivity index (χ1n) is 48.5. The van der Waals surface area contributed by atoms with Gasteiger partial charge in [-0.05, 0) is 303 Å². The third-order valence-corrected chi connectivity index (χ3v) is 29.8. The highest BCUT2D eigenvalue weighted by molar-refractivity contribution is 7.25. The van der Waals surface area contributed by atoms with Gasteiger partial charge < -0.3 is 27.1 Å². The second-order valence-electron chi connectivity index (χ2n) is 37.3. The molecule has 20 aromatic carbocycles. The number of hydrogen-bond donors (Lipinski definition) is 0. The van der Waals surface area contributed by atoms with Crippen LogP contribution in [0.2, 0.25) is 0 Å². The first-order valence-corrected chi connectivity index (χ1v) is 49.3. The average molecular weight is 1870 g/mol. The Bertz CT molecular complexity index is 10800. The standard InChI is InChI=1S/C38H21N3S.C37H24N2O.C32H19NO2.C25H16N2O/c39-22-24-16-17-40-38-30-21-36-32(28-11-5-7-13-35(28)42-36)20-25(30)19-29(37(24)38)23-14-15-34-31(18-23)27-10-4-6-12-33(27)41(34)26-8-2-1-3-9-26;1-3-9-27(10-4-1)39(28-11-5-2-6-12-28)29-17-15-25(16-18-29)32-21-26-22-34-31-13-7-8-14-36(31)40-37(34)23-33(26)35-24-38-20-19-30(32)35;1-18-12-27-23(19-10-11-30-25(13-19)21-6-2-4-8-28(21)34-30)14-20-15-26-22-7-3-5-9-29(22)35-31(26)16-24(20)32(27)33-17-18;1-15-8-9-19-20(16-5-4-10-26-14-16)11-17-12-22-18-6-2-3-7-23(18)28-24(22)13-21(17)25(19)27-15/h1-21H;1-24H;2-17H,1H3;2-14H,1H3. The van der Waals surface area contributed by atoms with Gasteiger partial charge in [0.2, 0.25) is 0 Å². The van der Waals surface area contributed by atoms with E-state index in [0.717, 1.165) is 231 Å². The van der Waals surface area contributed by atoms with Crippen molar-refractivity contribution in [1.82, 2.24) is 29.5 Å². The van der Waals surface area contributed by atoms with E-state index in [0.29, 0.717) is 5.56 Å². The van der Waals surface area contributed by atoms with Crippen LogP contribution in [0.15, 0.2) is 467 Å². The highest BCUT2D eigenvalue weighted by Crippen LogP contribution is 2.49. The molecule has 0 fully saturated rings. The van der Waals surface area contributed by atoms with E-state index >= 15 is 0 Å². The van der Waals surface area contributed by atoms with Crippen LogP contribution in [0, 0.1) is 25.2 Å². The lowest BCUT2D eigenvalue weighted by Gasteiger charge is -2.25. The van der Waals surface area contributed by atoms with Gasteiger partial charge in [-0.3, -0.25) is 24.9 Å². The summed E-state index contributed by atoms with van der Waals surface area (Å²) in [4.78, 5) is 25.7. The molecular weight excluding hydrogens is 1790 g/mol. The number of furan rings is 4. The summed E-state index contributed by atoms with van der Waals surface area (Å²) in [7, 11) is 0. The molecule has 0 aliphatic rings. The fraction of sp³-hybridized carbons (Fsp3) is 0.0152. The molecule has 0 N–H and O–H groups in total. The highest BCUT2D eigenvalue weighted by atomic mass is 32.1. The van der Waals surface area contributed by atoms with Crippen molar-refractivity contribution in [2.45, 2.75) is 13.8 Å². The first-order chi connectivity index (χ1) is 71.6.